The van der Waals surface area contributed by atoms with Crippen LogP contribution in [0.3, 0.4) is 0 Å². The minimum absolute atomic E-state index is 0.0591. The Morgan fingerprint density at radius 2 is 1.44 bits per heavy atom. The Labute approximate surface area is 200 Å². The van der Waals surface area contributed by atoms with Crippen LogP contribution in [0.1, 0.15) is 63.7 Å². The lowest BCUT2D eigenvalue weighted by atomic mass is 10.1. The second-order valence-electron chi connectivity index (χ2n) is 8.60. The molecule has 11 heteroatoms. The molecule has 0 radical (unpaired) electrons. The highest BCUT2D eigenvalue weighted by molar-refractivity contribution is 7.72. The van der Waals surface area contributed by atoms with Gasteiger partial charge in [-0.3, -0.25) is 9.13 Å². The van der Waals surface area contributed by atoms with Gasteiger partial charge in [0.2, 0.25) is 0 Å². The molecule has 0 bridgehead atoms. The van der Waals surface area contributed by atoms with Gasteiger partial charge < -0.3 is 30.0 Å². The second-order valence-corrected chi connectivity index (χ2v) is 12.8. The molecule has 0 aromatic heterocycles. The minimum Gasteiger partial charge on any atom is -0.478 e. The first-order chi connectivity index (χ1) is 15.6. The summed E-state index contributed by atoms with van der Waals surface area (Å²) in [6.45, 7) is 7.42. The van der Waals surface area contributed by atoms with Crippen LogP contribution in [0.4, 0.5) is 5.69 Å². The number of rotatable bonds is 13. The van der Waals surface area contributed by atoms with E-state index in [1.165, 1.54) is 18.2 Å². The van der Waals surface area contributed by atoms with Crippen LogP contribution in [0.2, 0.25) is 0 Å². The maximum atomic E-state index is 12.4. The number of para-hydroxylation sites is 1. The second kappa shape index (κ2) is 12.6. The molecule has 0 fully saturated rings. The fourth-order valence-electron chi connectivity index (χ4n) is 3.23. The molecule has 190 valence electrons. The van der Waals surface area contributed by atoms with E-state index in [0.717, 1.165) is 11.1 Å². The van der Waals surface area contributed by atoms with Crippen molar-refractivity contribution in [1.82, 2.24) is 0 Å². The summed E-state index contributed by atoms with van der Waals surface area (Å²) < 4.78 is 24.8. The van der Waals surface area contributed by atoms with E-state index in [4.69, 9.17) is 0 Å². The summed E-state index contributed by atoms with van der Waals surface area (Å²) in [6.07, 6.45) is 5.16. The SMILES string of the molecule is CC(C)=CCC/C(C)=C/CC(C/C=C(/C)CNc1ccccc1C(=O)O)(P(=O)(O)O)P(=O)(O)O. The van der Waals surface area contributed by atoms with Gasteiger partial charge in [-0.05, 0) is 65.5 Å². The van der Waals surface area contributed by atoms with Crippen LogP contribution in [0.15, 0.2) is 59.2 Å². The topological polar surface area (TPSA) is 164 Å². The molecule has 0 saturated carbocycles. The first-order valence-corrected chi connectivity index (χ1v) is 14.0. The molecule has 0 unspecified atom stereocenters. The third-order valence-corrected chi connectivity index (χ3v) is 9.91. The Kier molecular flexibility index (Phi) is 11.2. The molecule has 1 aromatic carbocycles. The molecule has 0 heterocycles. The summed E-state index contributed by atoms with van der Waals surface area (Å²) in [5, 5.41) is 12.2. The van der Waals surface area contributed by atoms with E-state index >= 15 is 0 Å². The summed E-state index contributed by atoms with van der Waals surface area (Å²) in [6, 6.07) is 6.26. The normalized spacial score (nSPS) is 13.5. The smallest absolute Gasteiger partial charge is 0.344 e. The number of benzene rings is 1. The van der Waals surface area contributed by atoms with Gasteiger partial charge in [0.15, 0.2) is 4.90 Å². The molecular formula is C23H35NO8P2. The van der Waals surface area contributed by atoms with Crippen molar-refractivity contribution in [3.05, 3.63) is 64.8 Å². The zero-order valence-electron chi connectivity index (χ0n) is 19.9. The van der Waals surface area contributed by atoms with Crippen molar-refractivity contribution in [3.63, 3.8) is 0 Å². The van der Waals surface area contributed by atoms with Crippen LogP contribution in [0.5, 0.6) is 0 Å². The highest BCUT2D eigenvalue weighted by Gasteiger charge is 2.58. The highest BCUT2D eigenvalue weighted by Crippen LogP contribution is 2.72. The van der Waals surface area contributed by atoms with Crippen molar-refractivity contribution < 1.29 is 38.6 Å². The first kappa shape index (κ1) is 30.0. The molecule has 1 rings (SSSR count). The van der Waals surface area contributed by atoms with E-state index in [2.05, 4.69) is 5.32 Å². The Bertz CT molecular complexity index is 1020. The van der Waals surface area contributed by atoms with Gasteiger partial charge in [0.25, 0.3) is 0 Å². The van der Waals surface area contributed by atoms with Gasteiger partial charge >= 0.3 is 21.2 Å². The summed E-state index contributed by atoms with van der Waals surface area (Å²) in [7, 11) is -10.5. The minimum atomic E-state index is -5.24. The number of hydrogen-bond donors (Lipinski definition) is 6. The molecule has 34 heavy (non-hydrogen) atoms. The van der Waals surface area contributed by atoms with Gasteiger partial charge in [0.1, 0.15) is 0 Å². The molecule has 0 aliphatic heterocycles. The first-order valence-electron chi connectivity index (χ1n) is 10.7. The van der Waals surface area contributed by atoms with Crippen molar-refractivity contribution in [2.45, 2.75) is 58.3 Å². The third-order valence-electron chi connectivity index (χ3n) is 5.45. The number of hydrogen-bond acceptors (Lipinski definition) is 4. The predicted octanol–water partition coefficient (Wildman–Crippen LogP) is 5.27. The van der Waals surface area contributed by atoms with Gasteiger partial charge in [0, 0.05) is 12.2 Å². The lowest BCUT2D eigenvalue weighted by Crippen LogP contribution is -2.28. The van der Waals surface area contributed by atoms with E-state index in [1.807, 2.05) is 19.9 Å². The van der Waals surface area contributed by atoms with Crippen LogP contribution in [-0.4, -0.2) is 42.1 Å². The van der Waals surface area contributed by atoms with Crippen LogP contribution < -0.4 is 5.32 Å². The molecule has 0 aliphatic carbocycles. The van der Waals surface area contributed by atoms with E-state index in [9.17, 15) is 38.6 Å². The number of aromatic carboxylic acids is 1. The quantitative estimate of drug-likeness (QED) is 0.152. The molecule has 0 saturated heterocycles. The molecule has 0 aliphatic rings. The number of nitrogens with one attached hydrogen (secondary N) is 1. The average Bonchev–Trinajstić information content (AvgIpc) is 2.70. The third kappa shape index (κ3) is 8.66. The van der Waals surface area contributed by atoms with Crippen molar-refractivity contribution >= 4 is 26.8 Å². The van der Waals surface area contributed by atoms with Crippen LogP contribution in [0.25, 0.3) is 0 Å². The van der Waals surface area contributed by atoms with E-state index in [-0.39, 0.29) is 12.1 Å². The van der Waals surface area contributed by atoms with Crippen molar-refractivity contribution in [1.29, 1.82) is 0 Å². The van der Waals surface area contributed by atoms with Crippen LogP contribution in [0, 0.1) is 0 Å². The molecular weight excluding hydrogens is 480 g/mol. The maximum Gasteiger partial charge on any atom is 0.344 e. The fraction of sp³-hybridized carbons (Fsp3) is 0.435. The van der Waals surface area contributed by atoms with Crippen molar-refractivity contribution in [2.24, 2.45) is 0 Å². The van der Waals surface area contributed by atoms with E-state index < -0.39 is 38.9 Å². The Balaban J connectivity index is 3.14. The van der Waals surface area contributed by atoms with Crippen molar-refractivity contribution in [2.75, 3.05) is 11.9 Å². The summed E-state index contributed by atoms with van der Waals surface area (Å²) in [5.74, 6) is -1.11. The zero-order chi connectivity index (χ0) is 26.2. The summed E-state index contributed by atoms with van der Waals surface area (Å²) >= 11 is 0. The van der Waals surface area contributed by atoms with Crippen molar-refractivity contribution in [3.8, 4) is 0 Å². The van der Waals surface area contributed by atoms with E-state index in [0.29, 0.717) is 24.1 Å². The fourth-order valence-corrected chi connectivity index (χ4v) is 5.90. The molecule has 0 atom stereocenters. The number of allylic oxidation sites excluding steroid dienone is 5. The maximum absolute atomic E-state index is 12.4. The van der Waals surface area contributed by atoms with Gasteiger partial charge in [-0.2, -0.15) is 0 Å². The lowest BCUT2D eigenvalue weighted by Gasteiger charge is -2.33. The lowest BCUT2D eigenvalue weighted by molar-refractivity contribution is 0.0697. The number of carbonyl (C=O) groups is 1. The Morgan fingerprint density at radius 1 is 0.912 bits per heavy atom. The Hall–Kier alpha value is -1.99. The number of carboxylic acids is 1. The molecule has 9 nitrogen and oxygen atoms in total. The molecule has 0 amide bonds. The van der Waals surface area contributed by atoms with Crippen LogP contribution >= 0.6 is 15.2 Å². The summed E-state index contributed by atoms with van der Waals surface area (Å²) in [5.41, 5.74) is 2.86. The summed E-state index contributed by atoms with van der Waals surface area (Å²) in [4.78, 5) is 48.8. The largest absolute Gasteiger partial charge is 0.478 e. The number of carboxylic acid groups (broad SMARTS) is 1. The van der Waals surface area contributed by atoms with E-state index in [1.54, 1.807) is 32.0 Å². The molecule has 6 N–H and O–H groups in total. The van der Waals surface area contributed by atoms with Gasteiger partial charge in [-0.15, -0.1) is 0 Å². The average molecular weight is 515 g/mol. The highest BCUT2D eigenvalue weighted by atomic mass is 31.2. The standard InChI is InChI=1S/C23H35NO8P2/c1-17(2)8-7-9-18(3)12-14-23(33(27,28)29,34(30,31)32)15-13-19(4)16-24-21-11-6-5-10-20(21)22(25)26/h5-6,8,10-13,24H,7,9,14-16H2,1-4H3,(H,25,26)(H2,27,28,29)(H2,30,31,32)/b18-12+,19-13-. The zero-order valence-corrected chi connectivity index (χ0v) is 21.7. The van der Waals surface area contributed by atoms with Gasteiger partial charge in [-0.25, -0.2) is 4.79 Å². The number of anilines is 1. The monoisotopic (exact) mass is 515 g/mol. The van der Waals surface area contributed by atoms with Gasteiger partial charge in [0.05, 0.1) is 5.56 Å². The van der Waals surface area contributed by atoms with Crippen LogP contribution in [-0.2, 0) is 9.13 Å². The van der Waals surface area contributed by atoms with Gasteiger partial charge in [-0.1, -0.05) is 47.1 Å². The predicted molar refractivity (Wildman–Crippen MR) is 134 cm³/mol. The molecule has 0 spiro atoms. The Morgan fingerprint density at radius 3 is 1.94 bits per heavy atom. The molecule has 1 aromatic rings.